The Hall–Kier alpha value is -4.10. The Morgan fingerprint density at radius 2 is 1.63 bits per heavy atom. The molecule has 0 spiro atoms. The number of nitrogens with zero attached hydrogens (tertiary/aromatic N) is 2. The van der Waals surface area contributed by atoms with Gasteiger partial charge in [0.05, 0.1) is 21.5 Å². The van der Waals surface area contributed by atoms with Crippen molar-refractivity contribution in [3.63, 3.8) is 0 Å². The van der Waals surface area contributed by atoms with Crippen molar-refractivity contribution >= 4 is 17.5 Å². The molecule has 1 unspecified atom stereocenters. The van der Waals surface area contributed by atoms with Crippen LogP contribution in [-0.2, 0) is 4.74 Å². The number of alkyl halides is 3. The van der Waals surface area contributed by atoms with Gasteiger partial charge in [-0.1, -0.05) is 0 Å². The fourth-order valence-electron chi connectivity index (χ4n) is 2.47. The van der Waals surface area contributed by atoms with Gasteiger partial charge in [-0.05, 0) is 18.2 Å². The number of hydrogen-bond donors (Lipinski definition) is 0. The van der Waals surface area contributed by atoms with Gasteiger partial charge >= 0.3 is 12.3 Å². The zero-order chi connectivity index (χ0) is 22.1. The maximum absolute atomic E-state index is 13.5. The van der Waals surface area contributed by atoms with Crippen molar-refractivity contribution in [2.45, 2.75) is 12.3 Å². The zero-order valence-electron chi connectivity index (χ0n) is 14.5. The highest BCUT2D eigenvalue weighted by Crippen LogP contribution is 2.45. The van der Waals surface area contributed by atoms with Gasteiger partial charge < -0.3 is 18.9 Å². The number of fused-ring (bicyclic) bond motifs is 1. The Morgan fingerprint density at radius 1 is 1.03 bits per heavy atom. The van der Waals surface area contributed by atoms with Crippen LogP contribution in [0, 0.1) is 20.2 Å². The van der Waals surface area contributed by atoms with Crippen molar-refractivity contribution < 1.29 is 46.8 Å². The third-order valence-electron chi connectivity index (χ3n) is 3.76. The summed E-state index contributed by atoms with van der Waals surface area (Å²) in [5, 5.41) is 21.8. The molecule has 3 rings (SSSR count). The number of carbonyl (C=O) groups is 1. The fourth-order valence-corrected chi connectivity index (χ4v) is 2.47. The van der Waals surface area contributed by atoms with Crippen molar-refractivity contribution in [2.24, 2.45) is 0 Å². The van der Waals surface area contributed by atoms with Crippen molar-refractivity contribution in [3.8, 4) is 17.2 Å². The van der Waals surface area contributed by atoms with Gasteiger partial charge in [-0.15, -0.1) is 0 Å². The molecule has 1 atom stereocenters. The van der Waals surface area contributed by atoms with Crippen LogP contribution in [-0.4, -0.2) is 29.0 Å². The van der Waals surface area contributed by atoms with Crippen LogP contribution < -0.4 is 14.2 Å². The molecule has 2 aromatic rings. The maximum atomic E-state index is 13.5. The molecule has 0 fully saturated rings. The molecule has 0 radical (unpaired) electrons. The minimum Gasteiger partial charge on any atom is -0.454 e. The summed E-state index contributed by atoms with van der Waals surface area (Å²) in [6.07, 6.45) is -10.1. The van der Waals surface area contributed by atoms with Gasteiger partial charge in [0, 0.05) is 12.1 Å². The highest BCUT2D eigenvalue weighted by atomic mass is 19.4. The summed E-state index contributed by atoms with van der Waals surface area (Å²) in [6.45, 7) is -0.352. The summed E-state index contributed by atoms with van der Waals surface area (Å²) >= 11 is 0. The minimum atomic E-state index is -5.24. The van der Waals surface area contributed by atoms with Gasteiger partial charge in [0.1, 0.15) is 5.75 Å². The number of ether oxygens (including phenoxy) is 4. The normalized spacial score (nSPS) is 13.4. The predicted molar refractivity (Wildman–Crippen MR) is 88.2 cm³/mol. The molecule has 0 bridgehead atoms. The van der Waals surface area contributed by atoms with Gasteiger partial charge in [0.15, 0.2) is 11.5 Å². The van der Waals surface area contributed by atoms with Crippen molar-refractivity contribution in [3.05, 3.63) is 62.2 Å². The van der Waals surface area contributed by atoms with E-state index in [2.05, 4.69) is 9.47 Å². The molecule has 1 aliphatic rings. The molecule has 0 saturated carbocycles. The molecule has 14 heteroatoms. The lowest BCUT2D eigenvalue weighted by atomic mass is 10.1. The average Bonchev–Trinajstić information content (AvgIpc) is 3.12. The first-order chi connectivity index (χ1) is 14.1. The highest BCUT2D eigenvalue weighted by molar-refractivity contribution is 5.65. The summed E-state index contributed by atoms with van der Waals surface area (Å²) in [5.41, 5.74) is -2.36. The number of hydrogen-bond acceptors (Lipinski definition) is 9. The van der Waals surface area contributed by atoms with Crippen LogP contribution in [0.1, 0.15) is 11.7 Å². The standard InChI is InChI=1S/C16H9F3N2O9/c17-16(18,19)14(10-5-12-13(28-7-27-12)6-11(10)21(25)26)30-15(22)29-9-3-1-8(2-4-9)20(23)24/h1-6,14H,7H2. The molecule has 1 aliphatic heterocycles. The number of nitro benzene ring substituents is 2. The lowest BCUT2D eigenvalue weighted by molar-refractivity contribution is -0.387. The van der Waals surface area contributed by atoms with Crippen molar-refractivity contribution in [2.75, 3.05) is 6.79 Å². The molecule has 0 N–H and O–H groups in total. The SMILES string of the molecule is O=C(Oc1ccc([N+](=O)[O-])cc1)OC(c1cc2c(cc1[N+](=O)[O-])OCO2)C(F)(F)F. The first-order valence-electron chi connectivity index (χ1n) is 7.84. The summed E-state index contributed by atoms with van der Waals surface area (Å²) in [6, 6.07) is 5.24. The zero-order valence-corrected chi connectivity index (χ0v) is 14.5. The van der Waals surface area contributed by atoms with Crippen molar-refractivity contribution in [1.82, 2.24) is 0 Å². The van der Waals surface area contributed by atoms with E-state index >= 15 is 0 Å². The average molecular weight is 430 g/mol. The molecule has 0 amide bonds. The van der Waals surface area contributed by atoms with E-state index in [0.717, 1.165) is 30.3 Å². The molecule has 0 saturated heterocycles. The number of carbonyl (C=O) groups excluding carboxylic acids is 1. The van der Waals surface area contributed by atoms with E-state index < -0.39 is 39.5 Å². The molecule has 2 aromatic carbocycles. The van der Waals surface area contributed by atoms with E-state index in [1.54, 1.807) is 0 Å². The predicted octanol–water partition coefficient (Wildman–Crippen LogP) is 4.05. The number of rotatable bonds is 5. The van der Waals surface area contributed by atoms with Gasteiger partial charge in [-0.2, -0.15) is 13.2 Å². The highest BCUT2D eigenvalue weighted by Gasteiger charge is 2.48. The van der Waals surface area contributed by atoms with E-state index in [1.165, 1.54) is 0 Å². The van der Waals surface area contributed by atoms with Crippen LogP contribution in [0.5, 0.6) is 17.2 Å². The molecule has 158 valence electrons. The third-order valence-corrected chi connectivity index (χ3v) is 3.76. The minimum absolute atomic E-state index is 0.139. The topological polar surface area (TPSA) is 140 Å². The van der Waals surface area contributed by atoms with Crippen molar-refractivity contribution in [1.29, 1.82) is 0 Å². The van der Waals surface area contributed by atoms with E-state index in [0.29, 0.717) is 6.07 Å². The lowest BCUT2D eigenvalue weighted by Crippen LogP contribution is -2.28. The lowest BCUT2D eigenvalue weighted by Gasteiger charge is -2.20. The second-order valence-electron chi connectivity index (χ2n) is 5.66. The second-order valence-corrected chi connectivity index (χ2v) is 5.66. The smallest absolute Gasteiger partial charge is 0.454 e. The Labute approximate surface area is 163 Å². The quantitative estimate of drug-likeness (QED) is 0.297. The molecule has 0 aliphatic carbocycles. The fraction of sp³-hybridized carbons (Fsp3) is 0.188. The molecule has 1 heterocycles. The Morgan fingerprint density at radius 3 is 2.17 bits per heavy atom. The van der Waals surface area contributed by atoms with E-state index in [4.69, 9.17) is 9.47 Å². The van der Waals surface area contributed by atoms with Crippen LogP contribution >= 0.6 is 0 Å². The van der Waals surface area contributed by atoms with Gasteiger partial charge in [0.2, 0.25) is 12.9 Å². The van der Waals surface area contributed by atoms with E-state index in [1.807, 2.05) is 0 Å². The van der Waals surface area contributed by atoms with Gasteiger partial charge in [-0.3, -0.25) is 20.2 Å². The number of halogens is 3. The van der Waals surface area contributed by atoms with Crippen LogP contribution in [0.3, 0.4) is 0 Å². The third kappa shape index (κ3) is 4.31. The molecular weight excluding hydrogens is 421 g/mol. The molecule has 30 heavy (non-hydrogen) atoms. The number of benzene rings is 2. The van der Waals surface area contributed by atoms with Gasteiger partial charge in [-0.25, -0.2) is 4.79 Å². The van der Waals surface area contributed by atoms with Gasteiger partial charge in [0.25, 0.3) is 11.4 Å². The Balaban J connectivity index is 1.88. The van der Waals surface area contributed by atoms with E-state index in [-0.39, 0.29) is 29.7 Å². The summed E-state index contributed by atoms with van der Waals surface area (Å²) < 4.78 is 59.3. The summed E-state index contributed by atoms with van der Waals surface area (Å²) in [7, 11) is 0. The second kappa shape index (κ2) is 7.73. The van der Waals surface area contributed by atoms with Crippen LogP contribution in [0.4, 0.5) is 29.3 Å². The van der Waals surface area contributed by atoms with Crippen LogP contribution in [0.15, 0.2) is 36.4 Å². The molecular formula is C16H9F3N2O9. The Bertz CT molecular complexity index is 1010. The summed E-state index contributed by atoms with van der Waals surface area (Å²) in [5.74, 6) is -0.677. The van der Waals surface area contributed by atoms with Crippen LogP contribution in [0.25, 0.3) is 0 Å². The first-order valence-corrected chi connectivity index (χ1v) is 7.84. The maximum Gasteiger partial charge on any atom is 0.514 e. The first kappa shape index (κ1) is 20.6. The largest absolute Gasteiger partial charge is 0.514 e. The monoisotopic (exact) mass is 430 g/mol. The van der Waals surface area contributed by atoms with E-state index in [9.17, 15) is 38.2 Å². The summed E-state index contributed by atoms with van der Waals surface area (Å²) in [4.78, 5) is 31.9. The van der Waals surface area contributed by atoms with Crippen LogP contribution in [0.2, 0.25) is 0 Å². The Kier molecular flexibility index (Phi) is 5.31. The molecule has 0 aromatic heterocycles. The number of nitro groups is 2. The molecule has 11 nitrogen and oxygen atoms in total. The number of non-ortho nitro benzene ring substituents is 1.